The van der Waals surface area contributed by atoms with Gasteiger partial charge in [0.15, 0.2) is 0 Å². The van der Waals surface area contributed by atoms with E-state index >= 15 is 0 Å². The molecule has 4 nitrogen and oxygen atoms in total. The topological polar surface area (TPSA) is 49.2 Å². The number of H-pyrrole nitrogens is 1. The number of amides is 1. The molecule has 1 N–H and O–H groups in total. The van der Waals surface area contributed by atoms with Crippen LogP contribution in [0.2, 0.25) is 0 Å². The van der Waals surface area contributed by atoms with E-state index in [-0.39, 0.29) is 5.91 Å². The van der Waals surface area contributed by atoms with Crippen LogP contribution in [-0.2, 0) is 24.2 Å². The van der Waals surface area contributed by atoms with E-state index in [1.807, 2.05) is 17.0 Å². The molecule has 5 heteroatoms. The summed E-state index contributed by atoms with van der Waals surface area (Å²) in [6, 6.07) is 5.68. The van der Waals surface area contributed by atoms with Crippen molar-refractivity contribution < 1.29 is 9.21 Å². The van der Waals surface area contributed by atoms with E-state index in [4.69, 9.17) is 4.42 Å². The van der Waals surface area contributed by atoms with Crippen molar-refractivity contribution in [3.63, 3.8) is 0 Å². The molecule has 0 spiro atoms. The number of rotatable bonds is 2. The Labute approximate surface area is 113 Å². The molecule has 0 unspecified atom stereocenters. The first-order valence-corrected chi connectivity index (χ1v) is 6.68. The lowest BCUT2D eigenvalue weighted by molar-refractivity contribution is -0.131. The lowest BCUT2D eigenvalue weighted by Crippen LogP contribution is -2.36. The van der Waals surface area contributed by atoms with Gasteiger partial charge in [0.2, 0.25) is 5.91 Å². The van der Waals surface area contributed by atoms with Crippen LogP contribution in [0.3, 0.4) is 0 Å². The second-order valence-electron chi connectivity index (χ2n) is 4.44. The number of halogens is 1. The maximum atomic E-state index is 12.1. The maximum absolute atomic E-state index is 12.1. The number of nitrogens with one attached hydrogen (secondary N) is 1. The Morgan fingerprint density at radius 1 is 1.56 bits per heavy atom. The van der Waals surface area contributed by atoms with Crippen LogP contribution >= 0.6 is 15.9 Å². The van der Waals surface area contributed by atoms with Crippen molar-refractivity contribution in [3.8, 4) is 0 Å². The van der Waals surface area contributed by atoms with E-state index in [2.05, 4.69) is 20.9 Å². The largest absolute Gasteiger partial charge is 0.469 e. The van der Waals surface area contributed by atoms with Crippen molar-refractivity contribution in [2.75, 3.05) is 6.54 Å². The van der Waals surface area contributed by atoms with Crippen LogP contribution in [0.4, 0.5) is 0 Å². The summed E-state index contributed by atoms with van der Waals surface area (Å²) in [4.78, 5) is 17.3. The Morgan fingerprint density at radius 2 is 2.44 bits per heavy atom. The van der Waals surface area contributed by atoms with Crippen molar-refractivity contribution in [1.29, 1.82) is 0 Å². The molecule has 18 heavy (non-hydrogen) atoms. The maximum Gasteiger partial charge on any atom is 0.230 e. The van der Waals surface area contributed by atoms with Gasteiger partial charge in [-0.3, -0.25) is 4.79 Å². The summed E-state index contributed by atoms with van der Waals surface area (Å²) in [6.45, 7) is 1.44. The van der Waals surface area contributed by atoms with Gasteiger partial charge in [0.1, 0.15) is 5.76 Å². The molecule has 1 aliphatic heterocycles. The minimum Gasteiger partial charge on any atom is -0.469 e. The molecule has 94 valence electrons. The van der Waals surface area contributed by atoms with E-state index < -0.39 is 0 Å². The third-order valence-electron chi connectivity index (χ3n) is 3.21. The Balaban J connectivity index is 1.70. The molecule has 2 aromatic rings. The molecule has 0 fully saturated rings. The Morgan fingerprint density at radius 3 is 3.22 bits per heavy atom. The van der Waals surface area contributed by atoms with Gasteiger partial charge < -0.3 is 14.3 Å². The predicted molar refractivity (Wildman–Crippen MR) is 70.0 cm³/mol. The van der Waals surface area contributed by atoms with Crippen LogP contribution in [0.1, 0.15) is 17.0 Å². The first-order chi connectivity index (χ1) is 8.72. The molecule has 3 rings (SSSR count). The second-order valence-corrected chi connectivity index (χ2v) is 5.30. The molecule has 0 bridgehead atoms. The number of carbonyl (C=O) groups is 1. The SMILES string of the molecule is O=C(Cc1ccco1)N1CCc2[nH]c(Br)cc2C1. The first-order valence-electron chi connectivity index (χ1n) is 5.89. The van der Waals surface area contributed by atoms with E-state index in [1.165, 1.54) is 11.3 Å². The predicted octanol–water partition coefficient (Wildman–Crippen LogP) is 2.50. The molecule has 0 saturated carbocycles. The molecule has 0 radical (unpaired) electrons. The van der Waals surface area contributed by atoms with Gasteiger partial charge in [0.25, 0.3) is 0 Å². The molecular weight excluding hydrogens is 296 g/mol. The van der Waals surface area contributed by atoms with E-state index in [0.29, 0.717) is 13.0 Å². The number of hydrogen-bond acceptors (Lipinski definition) is 2. The molecule has 2 aromatic heterocycles. The fourth-order valence-corrected chi connectivity index (χ4v) is 2.80. The van der Waals surface area contributed by atoms with Crippen LogP contribution in [0.25, 0.3) is 0 Å². The summed E-state index contributed by atoms with van der Waals surface area (Å²) in [5, 5.41) is 0. The highest BCUT2D eigenvalue weighted by Gasteiger charge is 2.22. The minimum absolute atomic E-state index is 0.118. The number of carbonyl (C=O) groups excluding carboxylic acids is 1. The van der Waals surface area contributed by atoms with Gasteiger partial charge in [-0.25, -0.2) is 0 Å². The Bertz CT molecular complexity index is 560. The van der Waals surface area contributed by atoms with Gasteiger partial charge in [-0.1, -0.05) is 0 Å². The van der Waals surface area contributed by atoms with Crippen molar-refractivity contribution in [2.45, 2.75) is 19.4 Å². The number of aromatic amines is 1. The fraction of sp³-hybridized carbons (Fsp3) is 0.308. The van der Waals surface area contributed by atoms with Gasteiger partial charge in [-0.15, -0.1) is 0 Å². The zero-order valence-electron chi connectivity index (χ0n) is 9.78. The van der Waals surface area contributed by atoms with Crippen LogP contribution in [0, 0.1) is 0 Å². The monoisotopic (exact) mass is 308 g/mol. The van der Waals surface area contributed by atoms with Crippen LogP contribution in [-0.4, -0.2) is 22.3 Å². The highest BCUT2D eigenvalue weighted by molar-refractivity contribution is 9.10. The van der Waals surface area contributed by atoms with Gasteiger partial charge in [0, 0.05) is 25.2 Å². The molecule has 0 atom stereocenters. The minimum atomic E-state index is 0.118. The number of nitrogens with zero attached hydrogens (tertiary/aromatic N) is 1. The zero-order valence-corrected chi connectivity index (χ0v) is 11.4. The number of aromatic nitrogens is 1. The summed E-state index contributed by atoms with van der Waals surface area (Å²) in [5.74, 6) is 0.842. The van der Waals surface area contributed by atoms with Crippen LogP contribution in [0.5, 0.6) is 0 Å². The average Bonchev–Trinajstić information content (AvgIpc) is 2.95. The first kappa shape index (κ1) is 11.6. The lowest BCUT2D eigenvalue weighted by Gasteiger charge is -2.26. The molecule has 3 heterocycles. The quantitative estimate of drug-likeness (QED) is 0.926. The molecule has 0 aliphatic carbocycles. The lowest BCUT2D eigenvalue weighted by atomic mass is 10.1. The third-order valence-corrected chi connectivity index (χ3v) is 3.64. The fourth-order valence-electron chi connectivity index (χ4n) is 2.28. The molecule has 0 saturated heterocycles. The highest BCUT2D eigenvalue weighted by atomic mass is 79.9. The third kappa shape index (κ3) is 2.22. The molecule has 1 aliphatic rings. The summed E-state index contributed by atoms with van der Waals surface area (Å²) in [6.07, 6.45) is 2.82. The van der Waals surface area contributed by atoms with E-state index in [1.54, 1.807) is 12.3 Å². The summed E-state index contributed by atoms with van der Waals surface area (Å²) >= 11 is 3.42. The van der Waals surface area contributed by atoms with Crippen LogP contribution in [0.15, 0.2) is 33.5 Å². The smallest absolute Gasteiger partial charge is 0.230 e. The summed E-state index contributed by atoms with van der Waals surface area (Å²) in [7, 11) is 0. The van der Waals surface area contributed by atoms with Crippen molar-refractivity contribution in [3.05, 3.63) is 46.1 Å². The van der Waals surface area contributed by atoms with Crippen LogP contribution < -0.4 is 0 Å². The van der Waals surface area contributed by atoms with Crippen molar-refractivity contribution in [2.24, 2.45) is 0 Å². The number of hydrogen-bond donors (Lipinski definition) is 1. The standard InChI is InChI=1S/C13H13BrN2O2/c14-12-6-9-8-16(4-3-11(9)15-12)13(17)7-10-2-1-5-18-10/h1-2,5-6,15H,3-4,7-8H2. The van der Waals surface area contributed by atoms with Gasteiger partial charge in [-0.05, 0) is 39.7 Å². The van der Waals surface area contributed by atoms with Gasteiger partial charge in [0.05, 0.1) is 17.3 Å². The van der Waals surface area contributed by atoms with E-state index in [0.717, 1.165) is 23.3 Å². The molecule has 1 amide bonds. The van der Waals surface area contributed by atoms with Crippen molar-refractivity contribution >= 4 is 21.8 Å². The zero-order chi connectivity index (χ0) is 12.5. The molecule has 0 aromatic carbocycles. The number of furan rings is 1. The summed E-state index contributed by atoms with van der Waals surface area (Å²) < 4.78 is 6.19. The summed E-state index contributed by atoms with van der Waals surface area (Å²) in [5.41, 5.74) is 2.42. The molecular formula is C13H13BrN2O2. The van der Waals surface area contributed by atoms with Crippen molar-refractivity contribution in [1.82, 2.24) is 9.88 Å². The average molecular weight is 309 g/mol. The number of fused-ring (bicyclic) bond motifs is 1. The van der Waals surface area contributed by atoms with Gasteiger partial charge in [-0.2, -0.15) is 0 Å². The Kier molecular flexibility index (Phi) is 2.99. The highest BCUT2D eigenvalue weighted by Crippen LogP contribution is 2.23. The van der Waals surface area contributed by atoms with E-state index in [9.17, 15) is 4.79 Å². The second kappa shape index (κ2) is 4.65. The normalized spacial score (nSPS) is 14.6. The Hall–Kier alpha value is -1.49. The van der Waals surface area contributed by atoms with Gasteiger partial charge >= 0.3 is 0 Å².